The number of para-hydroxylation sites is 1. The van der Waals surface area contributed by atoms with E-state index in [1.807, 2.05) is 24.8 Å². The highest BCUT2D eigenvalue weighted by Gasteiger charge is 2.19. The summed E-state index contributed by atoms with van der Waals surface area (Å²) in [5.41, 5.74) is 1.65. The van der Waals surface area contributed by atoms with Crippen LogP contribution in [0.5, 0.6) is 0 Å². The number of benzene rings is 1. The first-order chi connectivity index (χ1) is 7.11. The molecule has 15 heavy (non-hydrogen) atoms. The van der Waals surface area contributed by atoms with Gasteiger partial charge in [0.1, 0.15) is 5.69 Å². The minimum Gasteiger partial charge on any atom is -0.367 e. The van der Waals surface area contributed by atoms with Gasteiger partial charge in [-0.3, -0.25) is 10.1 Å². The Kier molecular flexibility index (Phi) is 3.66. The molecule has 0 saturated heterocycles. The first-order valence-electron chi connectivity index (χ1n) is 5.10. The van der Waals surface area contributed by atoms with E-state index >= 15 is 0 Å². The molecule has 0 atom stereocenters. The summed E-state index contributed by atoms with van der Waals surface area (Å²) in [6, 6.07) is 5.43. The van der Waals surface area contributed by atoms with Crippen LogP contribution in [0.2, 0.25) is 0 Å². The number of nitro benzene ring substituents is 1. The van der Waals surface area contributed by atoms with Crippen LogP contribution in [0.25, 0.3) is 0 Å². The maximum atomic E-state index is 11.0. The van der Waals surface area contributed by atoms with E-state index in [0.717, 1.165) is 13.1 Å². The third-order valence-electron chi connectivity index (χ3n) is 2.50. The third-order valence-corrected chi connectivity index (χ3v) is 2.50. The van der Waals surface area contributed by atoms with Gasteiger partial charge in [-0.2, -0.15) is 0 Å². The van der Waals surface area contributed by atoms with Crippen molar-refractivity contribution in [1.82, 2.24) is 0 Å². The molecule has 0 amide bonds. The fraction of sp³-hybridized carbons (Fsp3) is 0.455. The van der Waals surface area contributed by atoms with E-state index in [0.29, 0.717) is 11.3 Å². The second kappa shape index (κ2) is 4.77. The fourth-order valence-corrected chi connectivity index (χ4v) is 1.70. The van der Waals surface area contributed by atoms with Crippen molar-refractivity contribution in [3.63, 3.8) is 0 Å². The lowest BCUT2D eigenvalue weighted by atomic mass is 10.1. The van der Waals surface area contributed by atoms with Crippen molar-refractivity contribution in [1.29, 1.82) is 0 Å². The van der Waals surface area contributed by atoms with Gasteiger partial charge in [-0.25, -0.2) is 0 Å². The highest BCUT2D eigenvalue weighted by Crippen LogP contribution is 2.30. The molecule has 0 aromatic heterocycles. The normalized spacial score (nSPS) is 10.1. The zero-order chi connectivity index (χ0) is 11.4. The van der Waals surface area contributed by atoms with Crippen molar-refractivity contribution in [2.45, 2.75) is 20.8 Å². The Bertz CT molecular complexity index is 360. The highest BCUT2D eigenvalue weighted by atomic mass is 16.6. The first-order valence-corrected chi connectivity index (χ1v) is 5.10. The maximum Gasteiger partial charge on any atom is 0.295 e. The molecule has 0 aliphatic heterocycles. The molecule has 4 nitrogen and oxygen atoms in total. The van der Waals surface area contributed by atoms with Gasteiger partial charge in [-0.05, 0) is 26.8 Å². The number of rotatable bonds is 4. The molecule has 0 bridgehead atoms. The summed E-state index contributed by atoms with van der Waals surface area (Å²) < 4.78 is 0. The van der Waals surface area contributed by atoms with E-state index in [-0.39, 0.29) is 10.6 Å². The van der Waals surface area contributed by atoms with Crippen LogP contribution in [0.4, 0.5) is 11.4 Å². The van der Waals surface area contributed by atoms with Gasteiger partial charge in [-0.15, -0.1) is 0 Å². The first kappa shape index (κ1) is 11.5. The van der Waals surface area contributed by atoms with Gasteiger partial charge < -0.3 is 4.90 Å². The van der Waals surface area contributed by atoms with E-state index in [1.54, 1.807) is 19.1 Å². The van der Waals surface area contributed by atoms with Crippen molar-refractivity contribution >= 4 is 11.4 Å². The molecule has 0 N–H and O–H groups in total. The average Bonchev–Trinajstić information content (AvgIpc) is 2.19. The molecule has 0 radical (unpaired) electrons. The van der Waals surface area contributed by atoms with E-state index in [4.69, 9.17) is 0 Å². The Balaban J connectivity index is 3.27. The van der Waals surface area contributed by atoms with Crippen molar-refractivity contribution < 1.29 is 4.92 Å². The Hall–Kier alpha value is -1.58. The Labute approximate surface area is 89.7 Å². The summed E-state index contributed by atoms with van der Waals surface area (Å²) in [5.74, 6) is 0. The maximum absolute atomic E-state index is 11.0. The molecule has 1 aromatic rings. The van der Waals surface area contributed by atoms with Gasteiger partial charge in [-0.1, -0.05) is 12.1 Å². The van der Waals surface area contributed by atoms with Crippen molar-refractivity contribution in [2.24, 2.45) is 0 Å². The molecule has 0 spiro atoms. The molecule has 0 unspecified atom stereocenters. The summed E-state index contributed by atoms with van der Waals surface area (Å²) >= 11 is 0. The monoisotopic (exact) mass is 208 g/mol. The molecule has 4 heteroatoms. The molecule has 1 rings (SSSR count). The number of anilines is 1. The van der Waals surface area contributed by atoms with Crippen molar-refractivity contribution in [3.05, 3.63) is 33.9 Å². The van der Waals surface area contributed by atoms with E-state index < -0.39 is 0 Å². The molecule has 0 saturated carbocycles. The van der Waals surface area contributed by atoms with Crippen LogP contribution >= 0.6 is 0 Å². The minimum atomic E-state index is -0.303. The van der Waals surface area contributed by atoms with E-state index in [1.165, 1.54) is 0 Å². The molecule has 0 aliphatic carbocycles. The predicted octanol–water partition coefficient (Wildman–Crippen LogP) is 2.75. The lowest BCUT2D eigenvalue weighted by Gasteiger charge is -2.21. The van der Waals surface area contributed by atoms with Crippen LogP contribution < -0.4 is 4.90 Å². The smallest absolute Gasteiger partial charge is 0.295 e. The summed E-state index contributed by atoms with van der Waals surface area (Å²) in [6.45, 7) is 7.32. The fourth-order valence-electron chi connectivity index (χ4n) is 1.70. The quantitative estimate of drug-likeness (QED) is 0.564. The average molecular weight is 208 g/mol. The van der Waals surface area contributed by atoms with Gasteiger partial charge >= 0.3 is 0 Å². The van der Waals surface area contributed by atoms with Crippen LogP contribution in [0, 0.1) is 17.0 Å². The van der Waals surface area contributed by atoms with Crippen LogP contribution in [0.1, 0.15) is 19.4 Å². The topological polar surface area (TPSA) is 46.4 Å². The van der Waals surface area contributed by atoms with E-state index in [2.05, 4.69) is 0 Å². The van der Waals surface area contributed by atoms with Gasteiger partial charge in [0.05, 0.1) is 4.92 Å². The van der Waals surface area contributed by atoms with E-state index in [9.17, 15) is 10.1 Å². The molecular formula is C11H16N2O2. The van der Waals surface area contributed by atoms with Crippen LogP contribution in [-0.4, -0.2) is 18.0 Å². The van der Waals surface area contributed by atoms with Gasteiger partial charge in [0.25, 0.3) is 5.69 Å². The summed E-state index contributed by atoms with van der Waals surface area (Å²) in [7, 11) is 0. The number of nitro groups is 1. The Morgan fingerprint density at radius 3 is 2.40 bits per heavy atom. The zero-order valence-electron chi connectivity index (χ0n) is 9.36. The Morgan fingerprint density at radius 2 is 1.93 bits per heavy atom. The second-order valence-corrected chi connectivity index (χ2v) is 3.37. The Morgan fingerprint density at radius 1 is 1.33 bits per heavy atom. The lowest BCUT2D eigenvalue weighted by Crippen LogP contribution is -2.23. The summed E-state index contributed by atoms with van der Waals surface area (Å²) in [4.78, 5) is 12.6. The number of nitrogens with zero attached hydrogens (tertiary/aromatic N) is 2. The largest absolute Gasteiger partial charge is 0.367 e. The molecule has 1 aromatic carbocycles. The van der Waals surface area contributed by atoms with Crippen LogP contribution in [0.3, 0.4) is 0 Å². The highest BCUT2D eigenvalue weighted by molar-refractivity contribution is 5.66. The van der Waals surface area contributed by atoms with Gasteiger partial charge in [0.2, 0.25) is 0 Å². The zero-order valence-corrected chi connectivity index (χ0v) is 9.36. The third kappa shape index (κ3) is 2.26. The summed E-state index contributed by atoms with van der Waals surface area (Å²) in [6.07, 6.45) is 0. The summed E-state index contributed by atoms with van der Waals surface area (Å²) in [5, 5.41) is 11.0. The molecule has 0 fully saturated rings. The van der Waals surface area contributed by atoms with Crippen LogP contribution in [-0.2, 0) is 0 Å². The standard InChI is InChI=1S/C11H16N2O2/c1-4-12(5-2)10-8-6-7-9(3)11(10)13(14)15/h6-8H,4-5H2,1-3H3. The predicted molar refractivity (Wildman–Crippen MR) is 61.4 cm³/mol. The second-order valence-electron chi connectivity index (χ2n) is 3.37. The number of hydrogen-bond donors (Lipinski definition) is 0. The molecule has 0 heterocycles. The minimum absolute atomic E-state index is 0.223. The van der Waals surface area contributed by atoms with Crippen molar-refractivity contribution in [2.75, 3.05) is 18.0 Å². The van der Waals surface area contributed by atoms with Gasteiger partial charge in [0, 0.05) is 18.7 Å². The molecular weight excluding hydrogens is 192 g/mol. The van der Waals surface area contributed by atoms with Crippen LogP contribution in [0.15, 0.2) is 18.2 Å². The van der Waals surface area contributed by atoms with Crippen molar-refractivity contribution in [3.8, 4) is 0 Å². The number of hydrogen-bond acceptors (Lipinski definition) is 3. The van der Waals surface area contributed by atoms with Gasteiger partial charge in [0.15, 0.2) is 0 Å². The molecule has 0 aliphatic rings. The molecule has 82 valence electrons. The number of aryl methyl sites for hydroxylation is 1. The SMILES string of the molecule is CCN(CC)c1cccc(C)c1[N+](=O)[O-]. The lowest BCUT2D eigenvalue weighted by molar-refractivity contribution is -0.384.